The Balaban J connectivity index is 1.92. The van der Waals surface area contributed by atoms with E-state index in [2.05, 4.69) is 20.8 Å². The van der Waals surface area contributed by atoms with Crippen LogP contribution in [-0.4, -0.2) is 34.7 Å². The minimum atomic E-state index is -0.839. The molecule has 0 spiro atoms. The third-order valence-corrected chi connectivity index (χ3v) is 5.18. The first-order valence-electron chi connectivity index (χ1n) is 7.13. The summed E-state index contributed by atoms with van der Waals surface area (Å²) < 4.78 is 10.8. The molecule has 0 aromatic rings. The normalized spacial score (nSPS) is 39.5. The zero-order valence-electron chi connectivity index (χ0n) is 11.9. The number of rotatable bonds is 3. The second-order valence-corrected chi connectivity index (χ2v) is 7.15. The Kier molecular flexibility index (Phi) is 5.15. The second-order valence-electron chi connectivity index (χ2n) is 6.06. The maximum atomic E-state index is 12.1. The first-order chi connectivity index (χ1) is 8.97. The Hall–Kier alpha value is -0.260. The van der Waals surface area contributed by atoms with Gasteiger partial charge in [0.25, 0.3) is 0 Å². The van der Waals surface area contributed by atoms with E-state index in [1.54, 1.807) is 0 Å². The van der Waals surface area contributed by atoms with Crippen LogP contribution in [0.25, 0.3) is 0 Å². The van der Waals surface area contributed by atoms with Crippen LogP contribution in [0, 0.1) is 17.8 Å². The van der Waals surface area contributed by atoms with Gasteiger partial charge in [0, 0.05) is 5.75 Å². The van der Waals surface area contributed by atoms with Crippen molar-refractivity contribution in [2.45, 2.75) is 57.9 Å². The molecule has 0 radical (unpaired) electrons. The Morgan fingerprint density at radius 3 is 2.74 bits per heavy atom. The maximum Gasteiger partial charge on any atom is 0.346 e. The van der Waals surface area contributed by atoms with Gasteiger partial charge in [-0.25, -0.2) is 4.79 Å². The summed E-state index contributed by atoms with van der Waals surface area (Å²) in [6, 6.07) is 0. The number of esters is 1. The van der Waals surface area contributed by atoms with Gasteiger partial charge in [0.15, 0.2) is 6.29 Å². The van der Waals surface area contributed by atoms with Crippen molar-refractivity contribution >= 4 is 17.7 Å². The Morgan fingerprint density at radius 2 is 2.16 bits per heavy atom. The van der Waals surface area contributed by atoms with Crippen molar-refractivity contribution in [3.63, 3.8) is 0 Å². The molecule has 2 unspecified atom stereocenters. The van der Waals surface area contributed by atoms with E-state index >= 15 is 0 Å². The fourth-order valence-electron chi connectivity index (χ4n) is 2.97. The van der Waals surface area contributed by atoms with Crippen LogP contribution in [0.4, 0.5) is 0 Å². The van der Waals surface area contributed by atoms with Crippen LogP contribution >= 0.6 is 11.8 Å². The van der Waals surface area contributed by atoms with Crippen LogP contribution < -0.4 is 0 Å². The van der Waals surface area contributed by atoms with Crippen LogP contribution in [0.3, 0.4) is 0 Å². The molecule has 1 heterocycles. The summed E-state index contributed by atoms with van der Waals surface area (Å²) in [5.41, 5.74) is -0.653. The Bertz CT molecular complexity index is 321. The molecule has 5 atom stereocenters. The van der Waals surface area contributed by atoms with Crippen molar-refractivity contribution in [2.24, 2.45) is 17.8 Å². The van der Waals surface area contributed by atoms with Crippen molar-refractivity contribution < 1.29 is 19.4 Å². The molecule has 0 bridgehead atoms. The van der Waals surface area contributed by atoms with E-state index in [-0.39, 0.29) is 12.1 Å². The van der Waals surface area contributed by atoms with Crippen molar-refractivity contribution in [3.05, 3.63) is 0 Å². The first-order valence-corrected chi connectivity index (χ1v) is 8.18. The zero-order valence-corrected chi connectivity index (χ0v) is 12.7. The van der Waals surface area contributed by atoms with Crippen LogP contribution in [0.2, 0.25) is 0 Å². The van der Waals surface area contributed by atoms with E-state index in [4.69, 9.17) is 9.47 Å². The van der Waals surface area contributed by atoms with E-state index in [0.29, 0.717) is 23.5 Å². The quantitative estimate of drug-likeness (QED) is 0.808. The van der Waals surface area contributed by atoms with Gasteiger partial charge in [-0.2, -0.15) is 0 Å². The van der Waals surface area contributed by atoms with Crippen molar-refractivity contribution in [2.75, 3.05) is 5.75 Å². The predicted molar refractivity (Wildman–Crippen MR) is 74.6 cm³/mol. The highest BCUT2D eigenvalue weighted by Gasteiger charge is 2.37. The van der Waals surface area contributed by atoms with Gasteiger partial charge in [-0.15, -0.1) is 11.8 Å². The molecule has 19 heavy (non-hydrogen) atoms. The summed E-state index contributed by atoms with van der Waals surface area (Å²) in [5.74, 6) is 1.68. The Labute approximate surface area is 119 Å². The monoisotopic (exact) mass is 288 g/mol. The molecule has 0 amide bonds. The van der Waals surface area contributed by atoms with E-state index in [1.807, 2.05) is 0 Å². The molecule has 2 rings (SSSR count). The number of hydrogen-bond acceptors (Lipinski definition) is 5. The van der Waals surface area contributed by atoms with Gasteiger partial charge in [-0.05, 0) is 30.6 Å². The number of aliphatic hydroxyl groups is 1. The average Bonchev–Trinajstić information content (AvgIpc) is 2.75. The van der Waals surface area contributed by atoms with Crippen LogP contribution in [-0.2, 0) is 14.3 Å². The number of hydrogen-bond donors (Lipinski definition) is 1. The van der Waals surface area contributed by atoms with Gasteiger partial charge in [-0.1, -0.05) is 27.2 Å². The summed E-state index contributed by atoms with van der Waals surface area (Å²) in [6.45, 7) is 6.58. The molecular weight excluding hydrogens is 264 g/mol. The zero-order chi connectivity index (χ0) is 14.0. The molecule has 2 aliphatic rings. The molecular formula is C14H24O4S. The van der Waals surface area contributed by atoms with Gasteiger partial charge in [0.1, 0.15) is 6.10 Å². The maximum absolute atomic E-state index is 12.1. The van der Waals surface area contributed by atoms with Gasteiger partial charge < -0.3 is 14.6 Å². The van der Waals surface area contributed by atoms with Gasteiger partial charge in [0.2, 0.25) is 5.44 Å². The highest BCUT2D eigenvalue weighted by Crippen LogP contribution is 2.36. The third kappa shape index (κ3) is 3.86. The SMILES string of the molecule is CC(C)[C@H]1CC[C@H](C)C[C@@H]1OC(=O)C1OC(O)CS1. The lowest BCUT2D eigenvalue weighted by Gasteiger charge is -2.37. The summed E-state index contributed by atoms with van der Waals surface area (Å²) in [5, 5.41) is 9.29. The summed E-state index contributed by atoms with van der Waals surface area (Å²) in [4.78, 5) is 12.1. The minimum Gasteiger partial charge on any atom is -0.459 e. The van der Waals surface area contributed by atoms with Crippen LogP contribution in [0.5, 0.6) is 0 Å². The molecule has 5 heteroatoms. The van der Waals surface area contributed by atoms with Gasteiger partial charge in [0.05, 0.1) is 0 Å². The fraction of sp³-hybridized carbons (Fsp3) is 0.929. The van der Waals surface area contributed by atoms with Gasteiger partial charge in [-0.3, -0.25) is 0 Å². The molecule has 1 saturated heterocycles. The third-order valence-electron chi connectivity index (χ3n) is 4.09. The summed E-state index contributed by atoms with van der Waals surface area (Å²) in [7, 11) is 0. The minimum absolute atomic E-state index is 0.00167. The highest BCUT2D eigenvalue weighted by molar-refractivity contribution is 8.00. The Morgan fingerprint density at radius 1 is 1.42 bits per heavy atom. The number of carbonyl (C=O) groups is 1. The molecule has 1 aliphatic carbocycles. The predicted octanol–water partition coefficient (Wildman–Crippen LogP) is 2.40. The lowest BCUT2D eigenvalue weighted by molar-refractivity contribution is -0.172. The second kappa shape index (κ2) is 6.46. The topological polar surface area (TPSA) is 55.8 Å². The highest BCUT2D eigenvalue weighted by atomic mass is 32.2. The van der Waals surface area contributed by atoms with Crippen molar-refractivity contribution in [1.82, 2.24) is 0 Å². The largest absolute Gasteiger partial charge is 0.459 e. The van der Waals surface area contributed by atoms with Crippen LogP contribution in [0.1, 0.15) is 40.0 Å². The van der Waals surface area contributed by atoms with Crippen LogP contribution in [0.15, 0.2) is 0 Å². The lowest BCUT2D eigenvalue weighted by Crippen LogP contribution is -2.38. The summed E-state index contributed by atoms with van der Waals surface area (Å²) >= 11 is 1.31. The average molecular weight is 288 g/mol. The number of thioether (sulfide) groups is 1. The van der Waals surface area contributed by atoms with Gasteiger partial charge >= 0.3 is 5.97 Å². The number of carbonyl (C=O) groups excluding carboxylic acids is 1. The van der Waals surface area contributed by atoms with Crippen molar-refractivity contribution in [1.29, 1.82) is 0 Å². The molecule has 1 aliphatic heterocycles. The lowest BCUT2D eigenvalue weighted by atomic mass is 9.75. The summed E-state index contributed by atoms with van der Waals surface area (Å²) in [6.07, 6.45) is 2.43. The smallest absolute Gasteiger partial charge is 0.346 e. The molecule has 0 aromatic heterocycles. The molecule has 0 aromatic carbocycles. The van der Waals surface area contributed by atoms with E-state index in [0.717, 1.165) is 12.8 Å². The fourth-order valence-corrected chi connectivity index (χ4v) is 3.79. The molecule has 1 saturated carbocycles. The van der Waals surface area contributed by atoms with Crippen molar-refractivity contribution in [3.8, 4) is 0 Å². The van der Waals surface area contributed by atoms with E-state index in [1.165, 1.54) is 18.2 Å². The molecule has 110 valence electrons. The molecule has 1 N–H and O–H groups in total. The standard InChI is InChI=1S/C14H24O4S/c1-8(2)10-5-4-9(3)6-11(10)17-13(16)14-18-12(15)7-19-14/h8-12,14-15H,4-7H2,1-3H3/t9-,10+,11-,12?,14?/m0/s1. The first kappa shape index (κ1) is 15.1. The van der Waals surface area contributed by atoms with E-state index < -0.39 is 11.7 Å². The number of aliphatic hydroxyl groups excluding tert-OH is 1. The number of ether oxygens (including phenoxy) is 2. The molecule has 2 fully saturated rings. The molecule has 4 nitrogen and oxygen atoms in total. The van der Waals surface area contributed by atoms with E-state index in [9.17, 15) is 9.90 Å².